The lowest BCUT2D eigenvalue weighted by Gasteiger charge is -2.32. The Morgan fingerprint density at radius 1 is 1.19 bits per heavy atom. The molecule has 7 nitrogen and oxygen atoms in total. The van der Waals surface area contributed by atoms with Gasteiger partial charge in [-0.25, -0.2) is 0 Å². The van der Waals surface area contributed by atoms with Crippen molar-refractivity contribution in [3.63, 3.8) is 0 Å². The van der Waals surface area contributed by atoms with Crippen LogP contribution in [0.3, 0.4) is 0 Å². The summed E-state index contributed by atoms with van der Waals surface area (Å²) in [5.74, 6) is 1.42. The average molecular weight is 285 g/mol. The molecule has 0 amide bonds. The Labute approximate surface area is 124 Å². The summed E-state index contributed by atoms with van der Waals surface area (Å²) in [7, 11) is 2.13. The molecule has 2 aromatic rings. The Bertz CT molecular complexity index is 567. The minimum atomic E-state index is 0.627. The monoisotopic (exact) mass is 285 g/mol. The van der Waals surface area contributed by atoms with Crippen molar-refractivity contribution in [2.45, 2.75) is 6.54 Å². The van der Waals surface area contributed by atoms with Crippen molar-refractivity contribution in [1.29, 1.82) is 0 Å². The maximum atomic E-state index is 4.53. The van der Waals surface area contributed by atoms with Crippen LogP contribution in [0, 0.1) is 0 Å². The number of aromatic nitrogens is 4. The topological polar surface area (TPSA) is 70.1 Å². The normalized spacial score (nSPS) is 16.0. The molecule has 1 N–H and O–H groups in total. The number of hydrogen-bond donors (Lipinski definition) is 1. The van der Waals surface area contributed by atoms with E-state index in [1.807, 2.05) is 18.2 Å². The van der Waals surface area contributed by atoms with Crippen LogP contribution in [-0.4, -0.2) is 58.3 Å². The van der Waals surface area contributed by atoms with Crippen molar-refractivity contribution >= 4 is 11.8 Å². The lowest BCUT2D eigenvalue weighted by molar-refractivity contribution is 0.311. The third-order valence-electron chi connectivity index (χ3n) is 3.51. The van der Waals surface area contributed by atoms with Crippen LogP contribution >= 0.6 is 0 Å². The SMILES string of the molecule is CN1CCN(c2nncc(NCc3ccccn3)n2)CC1. The number of likely N-dealkylation sites (N-methyl/N-ethyl adjacent to an activating group) is 1. The van der Waals surface area contributed by atoms with E-state index >= 15 is 0 Å². The molecule has 0 unspecified atom stereocenters. The molecular weight excluding hydrogens is 266 g/mol. The molecule has 1 aliphatic rings. The summed E-state index contributed by atoms with van der Waals surface area (Å²) in [6, 6.07) is 5.85. The van der Waals surface area contributed by atoms with Crippen molar-refractivity contribution in [1.82, 2.24) is 25.1 Å². The summed E-state index contributed by atoms with van der Waals surface area (Å²) in [4.78, 5) is 13.3. The zero-order valence-electron chi connectivity index (χ0n) is 12.1. The standard InChI is InChI=1S/C14H19N7/c1-20-6-8-21(9-7-20)14-18-13(11-17-19-14)16-10-12-4-2-3-5-15-12/h2-5,11H,6-10H2,1H3,(H,16,18,19). The second-order valence-electron chi connectivity index (χ2n) is 5.11. The van der Waals surface area contributed by atoms with E-state index in [0.717, 1.165) is 37.7 Å². The maximum absolute atomic E-state index is 4.53. The van der Waals surface area contributed by atoms with E-state index in [4.69, 9.17) is 0 Å². The van der Waals surface area contributed by atoms with Gasteiger partial charge < -0.3 is 15.1 Å². The van der Waals surface area contributed by atoms with Crippen molar-refractivity contribution < 1.29 is 0 Å². The van der Waals surface area contributed by atoms with Gasteiger partial charge in [-0.3, -0.25) is 4.98 Å². The van der Waals surface area contributed by atoms with E-state index in [0.29, 0.717) is 12.5 Å². The Hall–Kier alpha value is -2.28. The highest BCUT2D eigenvalue weighted by Crippen LogP contribution is 2.12. The molecule has 3 rings (SSSR count). The summed E-state index contributed by atoms with van der Waals surface area (Å²) in [5.41, 5.74) is 0.970. The Kier molecular flexibility index (Phi) is 4.20. The van der Waals surface area contributed by atoms with E-state index in [-0.39, 0.29) is 0 Å². The molecule has 1 saturated heterocycles. The molecule has 7 heteroatoms. The van der Waals surface area contributed by atoms with Crippen LogP contribution in [0.1, 0.15) is 5.69 Å². The molecule has 1 aliphatic heterocycles. The fraction of sp³-hybridized carbons (Fsp3) is 0.429. The molecule has 0 saturated carbocycles. The Balaban J connectivity index is 1.63. The zero-order chi connectivity index (χ0) is 14.5. The highest BCUT2D eigenvalue weighted by molar-refractivity contribution is 5.39. The summed E-state index contributed by atoms with van der Waals surface area (Å²) in [6.45, 7) is 4.54. The van der Waals surface area contributed by atoms with Gasteiger partial charge in [-0.15, -0.1) is 5.10 Å². The van der Waals surface area contributed by atoms with Gasteiger partial charge in [-0.05, 0) is 19.2 Å². The van der Waals surface area contributed by atoms with Crippen molar-refractivity contribution in [2.75, 3.05) is 43.4 Å². The van der Waals surface area contributed by atoms with Gasteiger partial charge in [0.15, 0.2) is 5.82 Å². The number of nitrogens with zero attached hydrogens (tertiary/aromatic N) is 6. The van der Waals surface area contributed by atoms with Gasteiger partial charge in [0.2, 0.25) is 5.95 Å². The zero-order valence-corrected chi connectivity index (χ0v) is 12.1. The molecule has 0 aromatic carbocycles. The van der Waals surface area contributed by atoms with Gasteiger partial charge in [0.1, 0.15) is 0 Å². The van der Waals surface area contributed by atoms with Gasteiger partial charge in [0, 0.05) is 32.4 Å². The lowest BCUT2D eigenvalue weighted by Crippen LogP contribution is -2.45. The molecule has 0 atom stereocenters. The maximum Gasteiger partial charge on any atom is 0.247 e. The molecule has 1 fully saturated rings. The van der Waals surface area contributed by atoms with Crippen molar-refractivity contribution in [3.05, 3.63) is 36.3 Å². The fourth-order valence-corrected chi connectivity index (χ4v) is 2.20. The molecule has 0 spiro atoms. The van der Waals surface area contributed by atoms with Crippen LogP contribution < -0.4 is 10.2 Å². The van der Waals surface area contributed by atoms with Crippen molar-refractivity contribution in [3.8, 4) is 0 Å². The number of nitrogens with one attached hydrogen (secondary N) is 1. The Morgan fingerprint density at radius 3 is 2.81 bits per heavy atom. The van der Waals surface area contributed by atoms with Crippen LogP contribution in [0.5, 0.6) is 0 Å². The number of piperazine rings is 1. The van der Waals surface area contributed by atoms with E-state index in [9.17, 15) is 0 Å². The quantitative estimate of drug-likeness (QED) is 0.883. The van der Waals surface area contributed by atoms with E-state index in [1.165, 1.54) is 0 Å². The third kappa shape index (κ3) is 3.63. The van der Waals surface area contributed by atoms with Gasteiger partial charge >= 0.3 is 0 Å². The molecule has 0 radical (unpaired) electrons. The smallest absolute Gasteiger partial charge is 0.247 e. The first kappa shape index (κ1) is 13.7. The van der Waals surface area contributed by atoms with Gasteiger partial charge in [0.05, 0.1) is 18.4 Å². The number of anilines is 2. The predicted molar refractivity (Wildman–Crippen MR) is 81.1 cm³/mol. The summed E-state index contributed by atoms with van der Waals surface area (Å²) in [6.07, 6.45) is 3.42. The van der Waals surface area contributed by atoms with Gasteiger partial charge in [-0.1, -0.05) is 6.07 Å². The highest BCUT2D eigenvalue weighted by atomic mass is 15.4. The van der Waals surface area contributed by atoms with Gasteiger partial charge in [-0.2, -0.15) is 10.1 Å². The number of hydrogen-bond acceptors (Lipinski definition) is 7. The Morgan fingerprint density at radius 2 is 2.05 bits per heavy atom. The van der Waals surface area contributed by atoms with E-state index in [2.05, 4.69) is 42.3 Å². The van der Waals surface area contributed by atoms with Crippen LogP contribution in [0.25, 0.3) is 0 Å². The molecule has 2 aromatic heterocycles. The summed E-state index contributed by atoms with van der Waals surface area (Å²) >= 11 is 0. The van der Waals surface area contributed by atoms with Crippen molar-refractivity contribution in [2.24, 2.45) is 0 Å². The summed E-state index contributed by atoms with van der Waals surface area (Å²) < 4.78 is 0. The van der Waals surface area contributed by atoms with Gasteiger partial charge in [0.25, 0.3) is 0 Å². The molecule has 110 valence electrons. The van der Waals surface area contributed by atoms with Crippen LogP contribution in [0.15, 0.2) is 30.6 Å². The van der Waals surface area contributed by atoms with E-state index in [1.54, 1.807) is 12.4 Å². The minimum absolute atomic E-state index is 0.627. The first-order valence-corrected chi connectivity index (χ1v) is 7.08. The molecular formula is C14H19N7. The first-order chi connectivity index (χ1) is 10.3. The molecule has 0 aliphatic carbocycles. The fourth-order valence-electron chi connectivity index (χ4n) is 2.20. The van der Waals surface area contributed by atoms with Crippen LogP contribution in [0.2, 0.25) is 0 Å². The minimum Gasteiger partial charge on any atom is -0.363 e. The lowest BCUT2D eigenvalue weighted by atomic mass is 10.3. The largest absolute Gasteiger partial charge is 0.363 e. The average Bonchev–Trinajstić information content (AvgIpc) is 2.55. The van der Waals surface area contributed by atoms with E-state index < -0.39 is 0 Å². The highest BCUT2D eigenvalue weighted by Gasteiger charge is 2.17. The molecule has 21 heavy (non-hydrogen) atoms. The van der Waals surface area contributed by atoms with Crippen LogP contribution in [0.4, 0.5) is 11.8 Å². The predicted octanol–water partition coefficient (Wildman–Crippen LogP) is 0.630. The second kappa shape index (κ2) is 6.45. The molecule has 0 bridgehead atoms. The number of rotatable bonds is 4. The third-order valence-corrected chi connectivity index (χ3v) is 3.51. The first-order valence-electron chi connectivity index (χ1n) is 7.08. The summed E-state index contributed by atoms with van der Waals surface area (Å²) in [5, 5.41) is 11.4. The second-order valence-corrected chi connectivity index (χ2v) is 5.11. The number of pyridine rings is 1. The van der Waals surface area contributed by atoms with Crippen LogP contribution in [-0.2, 0) is 6.54 Å². The molecule has 3 heterocycles.